The number of carbonyl (C=O) groups excluding carboxylic acids is 1. The van der Waals surface area contributed by atoms with Gasteiger partial charge in [0.25, 0.3) is 5.56 Å². The summed E-state index contributed by atoms with van der Waals surface area (Å²) in [5.74, 6) is 0.475. The van der Waals surface area contributed by atoms with E-state index in [0.717, 1.165) is 35.2 Å². The molecule has 0 radical (unpaired) electrons. The Labute approximate surface area is 195 Å². The predicted molar refractivity (Wildman–Crippen MR) is 129 cm³/mol. The van der Waals surface area contributed by atoms with E-state index in [2.05, 4.69) is 15.3 Å². The van der Waals surface area contributed by atoms with E-state index in [1.165, 1.54) is 16.9 Å². The number of carbonyl (C=O) groups is 1. The molecule has 8 heteroatoms. The van der Waals surface area contributed by atoms with E-state index in [-0.39, 0.29) is 24.4 Å². The monoisotopic (exact) mass is 460 g/mol. The van der Waals surface area contributed by atoms with Crippen LogP contribution in [0.2, 0.25) is 0 Å². The van der Waals surface area contributed by atoms with Crippen LogP contribution in [0.25, 0.3) is 10.2 Å². The summed E-state index contributed by atoms with van der Waals surface area (Å²) in [5.41, 5.74) is 2.60. The van der Waals surface area contributed by atoms with Crippen molar-refractivity contribution in [3.05, 3.63) is 81.5 Å². The maximum absolute atomic E-state index is 13.0. The zero-order valence-corrected chi connectivity index (χ0v) is 18.9. The zero-order chi connectivity index (χ0) is 22.6. The minimum Gasteiger partial charge on any atom is -0.487 e. The molecule has 33 heavy (non-hydrogen) atoms. The summed E-state index contributed by atoms with van der Waals surface area (Å²) in [6.07, 6.45) is 7.72. The fraction of sp³-hybridized carbons (Fsp3) is 0.280. The molecule has 0 saturated carbocycles. The second kappa shape index (κ2) is 9.54. The molecule has 0 fully saturated rings. The Morgan fingerprint density at radius 2 is 2.03 bits per heavy atom. The van der Waals surface area contributed by atoms with Gasteiger partial charge in [0.15, 0.2) is 0 Å². The maximum atomic E-state index is 13.0. The van der Waals surface area contributed by atoms with Gasteiger partial charge in [0.05, 0.1) is 17.4 Å². The predicted octanol–water partition coefficient (Wildman–Crippen LogP) is 4.34. The summed E-state index contributed by atoms with van der Waals surface area (Å²) in [5, 5.41) is 3.63. The molecule has 0 aliphatic heterocycles. The normalized spacial score (nSPS) is 13.0. The SMILES string of the molecule is O=C(CCn1cnc2sc3c(c2c1=O)CCCC3)Nc1cccc(OCc2ccccn2)c1. The topological polar surface area (TPSA) is 86.1 Å². The minimum atomic E-state index is -0.170. The number of rotatable bonds is 7. The van der Waals surface area contributed by atoms with Gasteiger partial charge in [0.1, 0.15) is 17.2 Å². The molecule has 0 spiro atoms. The van der Waals surface area contributed by atoms with Crippen LogP contribution in [0, 0.1) is 0 Å². The van der Waals surface area contributed by atoms with Gasteiger partial charge in [0.2, 0.25) is 5.91 Å². The third-order valence-corrected chi connectivity index (χ3v) is 6.95. The fourth-order valence-corrected chi connectivity index (χ4v) is 5.31. The summed E-state index contributed by atoms with van der Waals surface area (Å²) in [4.78, 5) is 36.4. The molecular weight excluding hydrogens is 436 g/mol. The van der Waals surface area contributed by atoms with E-state index in [4.69, 9.17) is 4.74 Å². The average molecular weight is 461 g/mol. The second-order valence-electron chi connectivity index (χ2n) is 8.07. The number of benzene rings is 1. The van der Waals surface area contributed by atoms with Crippen molar-refractivity contribution in [1.29, 1.82) is 0 Å². The van der Waals surface area contributed by atoms with Crippen LogP contribution in [-0.2, 0) is 30.8 Å². The molecule has 0 bridgehead atoms. The molecule has 1 N–H and O–H groups in total. The first-order valence-electron chi connectivity index (χ1n) is 11.1. The highest BCUT2D eigenvalue weighted by Gasteiger charge is 2.20. The van der Waals surface area contributed by atoms with E-state index in [0.29, 0.717) is 18.0 Å². The van der Waals surface area contributed by atoms with Crippen molar-refractivity contribution in [2.24, 2.45) is 0 Å². The molecule has 1 amide bonds. The lowest BCUT2D eigenvalue weighted by atomic mass is 9.97. The van der Waals surface area contributed by atoms with Crippen LogP contribution in [0.1, 0.15) is 35.4 Å². The largest absolute Gasteiger partial charge is 0.487 e. The molecule has 3 aromatic heterocycles. The van der Waals surface area contributed by atoms with E-state index in [1.807, 2.05) is 36.4 Å². The summed E-state index contributed by atoms with van der Waals surface area (Å²) in [6, 6.07) is 12.9. The number of hydrogen-bond acceptors (Lipinski definition) is 6. The highest BCUT2D eigenvalue weighted by atomic mass is 32.1. The molecule has 3 heterocycles. The van der Waals surface area contributed by atoms with Gasteiger partial charge in [-0.25, -0.2) is 4.98 Å². The molecule has 1 aliphatic rings. The van der Waals surface area contributed by atoms with Crippen LogP contribution >= 0.6 is 11.3 Å². The van der Waals surface area contributed by atoms with Gasteiger partial charge in [-0.2, -0.15) is 0 Å². The first kappa shape index (κ1) is 21.3. The lowest BCUT2D eigenvalue weighted by molar-refractivity contribution is -0.116. The number of aryl methyl sites for hydroxylation is 3. The number of nitrogens with zero attached hydrogens (tertiary/aromatic N) is 3. The quantitative estimate of drug-likeness (QED) is 0.443. The fourth-order valence-electron chi connectivity index (χ4n) is 4.09. The molecule has 5 rings (SSSR count). The highest BCUT2D eigenvalue weighted by Crippen LogP contribution is 2.33. The number of ether oxygens (including phenoxy) is 1. The van der Waals surface area contributed by atoms with Crippen LogP contribution in [0.15, 0.2) is 59.8 Å². The van der Waals surface area contributed by atoms with Crippen molar-refractivity contribution in [3.8, 4) is 5.75 Å². The Hall–Kier alpha value is -3.52. The van der Waals surface area contributed by atoms with Gasteiger partial charge in [-0.3, -0.25) is 19.1 Å². The Kier molecular flexibility index (Phi) is 6.17. The summed E-state index contributed by atoms with van der Waals surface area (Å²) in [6.45, 7) is 0.636. The third-order valence-electron chi connectivity index (χ3n) is 5.75. The Morgan fingerprint density at radius 1 is 1.12 bits per heavy atom. The van der Waals surface area contributed by atoms with Crippen molar-refractivity contribution in [3.63, 3.8) is 0 Å². The first-order chi connectivity index (χ1) is 16.2. The molecule has 0 atom stereocenters. The number of aromatic nitrogens is 3. The van der Waals surface area contributed by atoms with Crippen LogP contribution in [0.5, 0.6) is 5.75 Å². The lowest BCUT2D eigenvalue weighted by Crippen LogP contribution is -2.24. The molecular formula is C25H24N4O3S. The van der Waals surface area contributed by atoms with Crippen molar-refractivity contribution in [1.82, 2.24) is 14.5 Å². The number of thiophene rings is 1. The lowest BCUT2D eigenvalue weighted by Gasteiger charge is -2.11. The molecule has 0 saturated heterocycles. The van der Waals surface area contributed by atoms with Gasteiger partial charge in [-0.05, 0) is 55.5 Å². The highest BCUT2D eigenvalue weighted by molar-refractivity contribution is 7.18. The average Bonchev–Trinajstić information content (AvgIpc) is 3.23. The number of anilines is 1. The van der Waals surface area contributed by atoms with Crippen molar-refractivity contribution < 1.29 is 9.53 Å². The second-order valence-corrected chi connectivity index (χ2v) is 9.15. The van der Waals surface area contributed by atoms with E-state index >= 15 is 0 Å². The zero-order valence-electron chi connectivity index (χ0n) is 18.1. The van der Waals surface area contributed by atoms with Crippen molar-refractivity contribution in [2.75, 3.05) is 5.32 Å². The number of fused-ring (bicyclic) bond motifs is 3. The van der Waals surface area contributed by atoms with Crippen LogP contribution in [0.4, 0.5) is 5.69 Å². The molecule has 4 aromatic rings. The standard InChI is InChI=1S/C25H24N4O3S/c30-22(28-17-7-5-8-19(14-17)32-15-18-6-3-4-12-26-18)11-13-29-16-27-24-23(25(29)31)20-9-1-2-10-21(20)33-24/h3-8,12,14,16H,1-2,9-11,13,15H2,(H,28,30). The number of nitrogens with one attached hydrogen (secondary N) is 1. The summed E-state index contributed by atoms with van der Waals surface area (Å²) in [7, 11) is 0. The van der Waals surface area contributed by atoms with Gasteiger partial charge < -0.3 is 10.1 Å². The van der Waals surface area contributed by atoms with Crippen LogP contribution in [-0.4, -0.2) is 20.4 Å². The molecule has 7 nitrogen and oxygen atoms in total. The van der Waals surface area contributed by atoms with Gasteiger partial charge in [0, 0.05) is 35.8 Å². The number of hydrogen-bond donors (Lipinski definition) is 1. The molecule has 1 aromatic carbocycles. The summed E-state index contributed by atoms with van der Waals surface area (Å²) >= 11 is 1.63. The van der Waals surface area contributed by atoms with E-state index in [9.17, 15) is 9.59 Å². The van der Waals surface area contributed by atoms with Gasteiger partial charge >= 0.3 is 0 Å². The summed E-state index contributed by atoms with van der Waals surface area (Å²) < 4.78 is 7.32. The Morgan fingerprint density at radius 3 is 2.91 bits per heavy atom. The number of amides is 1. The van der Waals surface area contributed by atoms with Crippen molar-refractivity contribution in [2.45, 2.75) is 45.3 Å². The Bertz CT molecular complexity index is 1350. The Balaban J connectivity index is 1.22. The number of pyridine rings is 1. The van der Waals surface area contributed by atoms with Gasteiger partial charge in [-0.15, -0.1) is 11.3 Å². The van der Waals surface area contributed by atoms with Crippen molar-refractivity contribution >= 4 is 33.1 Å². The van der Waals surface area contributed by atoms with Gasteiger partial charge in [-0.1, -0.05) is 12.1 Å². The van der Waals surface area contributed by atoms with Crippen LogP contribution in [0.3, 0.4) is 0 Å². The first-order valence-corrected chi connectivity index (χ1v) is 11.9. The van der Waals surface area contributed by atoms with E-state index < -0.39 is 0 Å². The van der Waals surface area contributed by atoms with Crippen LogP contribution < -0.4 is 15.6 Å². The van der Waals surface area contributed by atoms with E-state index in [1.54, 1.807) is 34.5 Å². The third kappa shape index (κ3) is 4.80. The molecule has 1 aliphatic carbocycles. The maximum Gasteiger partial charge on any atom is 0.262 e. The molecule has 168 valence electrons. The molecule has 0 unspecified atom stereocenters. The smallest absolute Gasteiger partial charge is 0.262 e. The minimum absolute atomic E-state index is 0.0443.